The van der Waals surface area contributed by atoms with Crippen molar-refractivity contribution in [2.24, 2.45) is 0 Å². The van der Waals surface area contributed by atoms with Crippen LogP contribution in [0.1, 0.15) is 42.4 Å². The zero-order chi connectivity index (χ0) is 26.0. The van der Waals surface area contributed by atoms with Gasteiger partial charge in [0.15, 0.2) is 11.4 Å². The second-order valence-corrected chi connectivity index (χ2v) is 9.20. The normalized spacial score (nSPS) is 19.2. The topological polar surface area (TPSA) is 148 Å². The Labute approximate surface area is 218 Å². The summed E-state index contributed by atoms with van der Waals surface area (Å²) in [6, 6.07) is 14.3. The minimum atomic E-state index is -0.680. The molecule has 4 N–H and O–H groups in total. The van der Waals surface area contributed by atoms with Gasteiger partial charge in [0.05, 0.1) is 25.4 Å². The molecule has 4 rings (SSSR count). The predicted octanol–water partition coefficient (Wildman–Crippen LogP) is 3.32. The van der Waals surface area contributed by atoms with E-state index in [2.05, 4.69) is 25.8 Å². The molecule has 196 valence electrons. The van der Waals surface area contributed by atoms with Crippen molar-refractivity contribution in [1.82, 2.24) is 20.5 Å². The van der Waals surface area contributed by atoms with Crippen LogP contribution in [-0.2, 0) is 25.6 Å². The summed E-state index contributed by atoms with van der Waals surface area (Å²) in [5, 5.41) is 22.0. The molecule has 2 aromatic carbocycles. The summed E-state index contributed by atoms with van der Waals surface area (Å²) in [5.41, 5.74) is 3.06. The number of amides is 2. The lowest BCUT2D eigenvalue weighted by molar-refractivity contribution is -0.245. The summed E-state index contributed by atoms with van der Waals surface area (Å²) in [4.78, 5) is 27.9. The Kier molecular flexibility index (Phi) is 9.49. The number of aliphatic hydroxyl groups excluding tert-OH is 1. The standard InChI is InChI=1S/C25H29N5O6S/c1-2-34-22(32)12-26-24(33)29-19-5-3-4-18(10-19)23-35-20(14-37-25-27-15-28-30-25)11-21(36-23)17-8-6-16(13-31)7-9-17/h3-10,15,20-21,23,31H,2,11-14H2,1H3,(H2,26,29,33)(H,27,28,30). The Hall–Kier alpha value is -3.45. The van der Waals surface area contributed by atoms with Gasteiger partial charge in [-0.25, -0.2) is 9.78 Å². The number of esters is 1. The molecule has 11 nitrogen and oxygen atoms in total. The fourth-order valence-electron chi connectivity index (χ4n) is 3.76. The molecule has 2 amide bonds. The zero-order valence-corrected chi connectivity index (χ0v) is 21.1. The highest BCUT2D eigenvalue weighted by Gasteiger charge is 2.32. The molecule has 1 aliphatic heterocycles. The Morgan fingerprint density at radius 1 is 1.19 bits per heavy atom. The molecular weight excluding hydrogens is 498 g/mol. The first-order valence-electron chi connectivity index (χ1n) is 11.8. The van der Waals surface area contributed by atoms with Gasteiger partial charge in [0.2, 0.25) is 0 Å². The van der Waals surface area contributed by atoms with Gasteiger partial charge in [-0.2, -0.15) is 5.10 Å². The van der Waals surface area contributed by atoms with E-state index < -0.39 is 18.3 Å². The van der Waals surface area contributed by atoms with Crippen molar-refractivity contribution in [2.45, 2.75) is 43.6 Å². The van der Waals surface area contributed by atoms with Crippen LogP contribution in [0.25, 0.3) is 0 Å². The zero-order valence-electron chi connectivity index (χ0n) is 20.3. The number of aromatic amines is 1. The van der Waals surface area contributed by atoms with Crippen molar-refractivity contribution in [3.8, 4) is 0 Å². The molecule has 1 aliphatic rings. The molecule has 1 saturated heterocycles. The number of carbonyl (C=O) groups is 2. The highest BCUT2D eigenvalue weighted by Crippen LogP contribution is 2.39. The molecule has 37 heavy (non-hydrogen) atoms. The lowest BCUT2D eigenvalue weighted by Crippen LogP contribution is -2.34. The number of rotatable bonds is 10. The smallest absolute Gasteiger partial charge is 0.325 e. The van der Waals surface area contributed by atoms with Gasteiger partial charge in [-0.05, 0) is 30.2 Å². The van der Waals surface area contributed by atoms with Crippen LogP contribution in [0.2, 0.25) is 0 Å². The number of anilines is 1. The average Bonchev–Trinajstić information content (AvgIpc) is 3.45. The Balaban J connectivity index is 1.46. The number of hydrogen-bond donors (Lipinski definition) is 4. The number of thioether (sulfide) groups is 1. The molecule has 3 atom stereocenters. The van der Waals surface area contributed by atoms with Crippen LogP contribution in [0, 0.1) is 0 Å². The number of aromatic nitrogens is 3. The molecule has 1 fully saturated rings. The Morgan fingerprint density at radius 3 is 2.76 bits per heavy atom. The number of benzene rings is 2. The Morgan fingerprint density at radius 2 is 2.03 bits per heavy atom. The van der Waals surface area contributed by atoms with E-state index >= 15 is 0 Å². The average molecular weight is 528 g/mol. The van der Waals surface area contributed by atoms with Gasteiger partial charge < -0.3 is 30.0 Å². The summed E-state index contributed by atoms with van der Waals surface area (Å²) in [6.45, 7) is 1.69. The van der Waals surface area contributed by atoms with Crippen LogP contribution >= 0.6 is 11.8 Å². The summed E-state index contributed by atoms with van der Waals surface area (Å²) < 4.78 is 17.5. The minimum Gasteiger partial charge on any atom is -0.465 e. The third-order valence-corrected chi connectivity index (χ3v) is 6.54. The van der Waals surface area contributed by atoms with Crippen molar-refractivity contribution >= 4 is 29.4 Å². The minimum absolute atomic E-state index is 0.0266. The molecule has 2 heterocycles. The summed E-state index contributed by atoms with van der Waals surface area (Å²) >= 11 is 1.51. The van der Waals surface area contributed by atoms with Crippen LogP contribution in [0.4, 0.5) is 10.5 Å². The van der Waals surface area contributed by atoms with Gasteiger partial charge in [0.25, 0.3) is 0 Å². The molecular formula is C25H29N5O6S. The monoisotopic (exact) mass is 527 g/mol. The maximum absolute atomic E-state index is 12.2. The van der Waals surface area contributed by atoms with E-state index in [-0.39, 0.29) is 32.0 Å². The van der Waals surface area contributed by atoms with Crippen molar-refractivity contribution in [2.75, 3.05) is 24.2 Å². The highest BCUT2D eigenvalue weighted by molar-refractivity contribution is 7.99. The SMILES string of the molecule is CCOC(=O)CNC(=O)Nc1cccc(C2OC(CSc3ncn[nH]3)CC(c3ccc(CO)cc3)O2)c1. The van der Waals surface area contributed by atoms with Gasteiger partial charge in [-0.1, -0.05) is 48.2 Å². The van der Waals surface area contributed by atoms with E-state index in [1.54, 1.807) is 25.1 Å². The largest absolute Gasteiger partial charge is 0.465 e. The van der Waals surface area contributed by atoms with Crippen LogP contribution in [0.5, 0.6) is 0 Å². The van der Waals surface area contributed by atoms with Gasteiger partial charge in [-0.3, -0.25) is 9.89 Å². The van der Waals surface area contributed by atoms with Crippen LogP contribution in [0.15, 0.2) is 60.0 Å². The summed E-state index contributed by atoms with van der Waals surface area (Å²) in [6.07, 6.45) is 1.02. The molecule has 0 radical (unpaired) electrons. The van der Waals surface area contributed by atoms with Crippen LogP contribution in [0.3, 0.4) is 0 Å². The van der Waals surface area contributed by atoms with Crippen molar-refractivity contribution in [3.63, 3.8) is 0 Å². The number of aliphatic hydroxyl groups is 1. The first-order chi connectivity index (χ1) is 18.0. The number of hydrogen-bond acceptors (Lipinski definition) is 9. The van der Waals surface area contributed by atoms with Crippen molar-refractivity contribution in [3.05, 3.63) is 71.5 Å². The number of urea groups is 1. The molecule has 3 unspecified atom stereocenters. The summed E-state index contributed by atoms with van der Waals surface area (Å²) in [7, 11) is 0. The lowest BCUT2D eigenvalue weighted by Gasteiger charge is -2.36. The van der Waals surface area contributed by atoms with E-state index in [1.807, 2.05) is 30.3 Å². The Bertz CT molecular complexity index is 1160. The third kappa shape index (κ3) is 7.76. The maximum Gasteiger partial charge on any atom is 0.325 e. The first kappa shape index (κ1) is 26.6. The van der Waals surface area contributed by atoms with Crippen LogP contribution in [-0.4, -0.2) is 57.3 Å². The van der Waals surface area contributed by atoms with Crippen molar-refractivity contribution < 1.29 is 28.9 Å². The third-order valence-electron chi connectivity index (χ3n) is 5.53. The van der Waals surface area contributed by atoms with Crippen LogP contribution < -0.4 is 10.6 Å². The fourth-order valence-corrected chi connectivity index (χ4v) is 4.56. The number of ether oxygens (including phenoxy) is 3. The highest BCUT2D eigenvalue weighted by atomic mass is 32.2. The molecule has 1 aromatic heterocycles. The number of carbonyl (C=O) groups excluding carboxylic acids is 2. The van der Waals surface area contributed by atoms with E-state index in [1.165, 1.54) is 18.1 Å². The van der Waals surface area contributed by atoms with Gasteiger partial charge in [0.1, 0.15) is 12.9 Å². The van der Waals surface area contributed by atoms with E-state index in [0.717, 1.165) is 16.7 Å². The summed E-state index contributed by atoms with van der Waals surface area (Å²) in [5.74, 6) is 0.122. The van der Waals surface area contributed by atoms with Gasteiger partial charge >= 0.3 is 12.0 Å². The van der Waals surface area contributed by atoms with E-state index in [9.17, 15) is 14.7 Å². The second-order valence-electron chi connectivity index (χ2n) is 8.19. The lowest BCUT2D eigenvalue weighted by atomic mass is 10.0. The first-order valence-corrected chi connectivity index (χ1v) is 12.8. The number of nitrogens with zero attached hydrogens (tertiary/aromatic N) is 2. The molecule has 0 bridgehead atoms. The number of H-pyrrole nitrogens is 1. The molecule has 0 spiro atoms. The van der Waals surface area contributed by atoms with Gasteiger partial charge in [-0.15, -0.1) is 0 Å². The second kappa shape index (κ2) is 13.2. The number of nitrogens with one attached hydrogen (secondary N) is 3. The molecule has 0 saturated carbocycles. The van der Waals surface area contributed by atoms with E-state index in [0.29, 0.717) is 23.0 Å². The van der Waals surface area contributed by atoms with E-state index in [4.69, 9.17) is 14.2 Å². The quantitative estimate of drug-likeness (QED) is 0.230. The molecule has 3 aromatic rings. The maximum atomic E-state index is 12.2. The predicted molar refractivity (Wildman–Crippen MR) is 136 cm³/mol. The van der Waals surface area contributed by atoms with Crippen molar-refractivity contribution in [1.29, 1.82) is 0 Å². The fraction of sp³-hybridized carbons (Fsp3) is 0.360. The van der Waals surface area contributed by atoms with Gasteiger partial charge in [0, 0.05) is 23.4 Å². The molecule has 12 heteroatoms. The molecule has 0 aliphatic carbocycles.